The van der Waals surface area contributed by atoms with Crippen LogP contribution in [0.3, 0.4) is 0 Å². The minimum absolute atomic E-state index is 0.0760. The second-order valence-electron chi connectivity index (χ2n) is 5.08. The van der Waals surface area contributed by atoms with Gasteiger partial charge in [0.05, 0.1) is 15.6 Å². The molecular formula is C16H14Cl2N2O4. The summed E-state index contributed by atoms with van der Waals surface area (Å²) < 4.78 is 5.56. The number of nitro benzene ring substituents is 1. The minimum Gasteiger partial charge on any atom is -0.481 e. The summed E-state index contributed by atoms with van der Waals surface area (Å²) in [6.07, 6.45) is -0.795. The predicted octanol–water partition coefficient (Wildman–Crippen LogP) is 4.62. The Labute approximate surface area is 148 Å². The van der Waals surface area contributed by atoms with E-state index in [2.05, 4.69) is 5.32 Å². The lowest BCUT2D eigenvalue weighted by Gasteiger charge is -2.16. The number of hydrogen-bond donors (Lipinski definition) is 1. The van der Waals surface area contributed by atoms with Gasteiger partial charge in [0.15, 0.2) is 6.10 Å². The number of halogens is 2. The van der Waals surface area contributed by atoms with E-state index < -0.39 is 16.9 Å². The third kappa shape index (κ3) is 4.37. The molecule has 0 fully saturated rings. The Morgan fingerprint density at radius 1 is 1.21 bits per heavy atom. The highest BCUT2D eigenvalue weighted by molar-refractivity contribution is 6.34. The Kier molecular flexibility index (Phi) is 5.64. The van der Waals surface area contributed by atoms with Crippen LogP contribution in [0.15, 0.2) is 36.4 Å². The summed E-state index contributed by atoms with van der Waals surface area (Å²) in [5.41, 5.74) is 0.953. The molecule has 2 rings (SSSR count). The molecule has 0 bridgehead atoms. The molecular weight excluding hydrogens is 355 g/mol. The second kappa shape index (κ2) is 7.51. The molecule has 6 nitrogen and oxygen atoms in total. The molecule has 126 valence electrons. The van der Waals surface area contributed by atoms with Crippen LogP contribution in [-0.4, -0.2) is 16.9 Å². The Hall–Kier alpha value is -2.31. The molecule has 0 saturated carbocycles. The minimum atomic E-state index is -0.795. The zero-order valence-electron chi connectivity index (χ0n) is 12.9. The molecule has 0 radical (unpaired) electrons. The van der Waals surface area contributed by atoms with Gasteiger partial charge < -0.3 is 10.1 Å². The molecule has 0 aliphatic rings. The van der Waals surface area contributed by atoms with Gasteiger partial charge in [0.25, 0.3) is 11.6 Å². The largest absolute Gasteiger partial charge is 0.481 e. The number of nitrogens with one attached hydrogen (secondary N) is 1. The molecule has 1 N–H and O–H groups in total. The number of benzene rings is 2. The van der Waals surface area contributed by atoms with Gasteiger partial charge in [0.1, 0.15) is 5.75 Å². The predicted molar refractivity (Wildman–Crippen MR) is 93.0 cm³/mol. The number of rotatable bonds is 5. The van der Waals surface area contributed by atoms with Crippen molar-refractivity contribution >= 4 is 40.5 Å². The van der Waals surface area contributed by atoms with Gasteiger partial charge in [-0.2, -0.15) is 0 Å². The van der Waals surface area contributed by atoms with Crippen molar-refractivity contribution in [2.75, 3.05) is 5.32 Å². The molecule has 2 aromatic carbocycles. The van der Waals surface area contributed by atoms with Crippen molar-refractivity contribution in [3.63, 3.8) is 0 Å². The fraction of sp³-hybridized carbons (Fsp3) is 0.188. The molecule has 2 aromatic rings. The van der Waals surface area contributed by atoms with E-state index in [1.54, 1.807) is 25.1 Å². The SMILES string of the molecule is Cc1cc(O[C@H](C)C(=O)Nc2ccc([N+](=O)[O-])cc2Cl)ccc1Cl. The highest BCUT2D eigenvalue weighted by Crippen LogP contribution is 2.27. The quantitative estimate of drug-likeness (QED) is 0.616. The average molecular weight is 369 g/mol. The summed E-state index contributed by atoms with van der Waals surface area (Å²) in [6, 6.07) is 8.88. The molecule has 0 unspecified atom stereocenters. The average Bonchev–Trinajstić information content (AvgIpc) is 2.52. The number of aryl methyl sites for hydroxylation is 1. The molecule has 24 heavy (non-hydrogen) atoms. The molecule has 0 heterocycles. The van der Waals surface area contributed by atoms with Crippen LogP contribution in [-0.2, 0) is 4.79 Å². The number of carbonyl (C=O) groups is 1. The van der Waals surface area contributed by atoms with E-state index in [0.29, 0.717) is 10.8 Å². The van der Waals surface area contributed by atoms with E-state index in [-0.39, 0.29) is 16.4 Å². The van der Waals surface area contributed by atoms with Crippen molar-refractivity contribution in [1.82, 2.24) is 0 Å². The van der Waals surface area contributed by atoms with Gasteiger partial charge in [0.2, 0.25) is 0 Å². The monoisotopic (exact) mass is 368 g/mol. The van der Waals surface area contributed by atoms with E-state index >= 15 is 0 Å². The van der Waals surface area contributed by atoms with Gasteiger partial charge in [-0.15, -0.1) is 0 Å². The number of non-ortho nitro benzene ring substituents is 1. The van der Waals surface area contributed by atoms with Crippen molar-refractivity contribution in [2.24, 2.45) is 0 Å². The van der Waals surface area contributed by atoms with Crippen molar-refractivity contribution < 1.29 is 14.5 Å². The Bertz CT molecular complexity index is 796. The van der Waals surface area contributed by atoms with Crippen LogP contribution in [0.4, 0.5) is 11.4 Å². The Balaban J connectivity index is 2.06. The van der Waals surface area contributed by atoms with Gasteiger partial charge in [-0.3, -0.25) is 14.9 Å². The van der Waals surface area contributed by atoms with E-state index in [4.69, 9.17) is 27.9 Å². The summed E-state index contributed by atoms with van der Waals surface area (Å²) in [6.45, 7) is 3.41. The van der Waals surface area contributed by atoms with Crippen LogP contribution in [0.5, 0.6) is 5.75 Å². The van der Waals surface area contributed by atoms with Gasteiger partial charge in [-0.25, -0.2) is 0 Å². The van der Waals surface area contributed by atoms with Crippen LogP contribution in [0.1, 0.15) is 12.5 Å². The highest BCUT2D eigenvalue weighted by atomic mass is 35.5. The first-order valence-corrected chi connectivity index (χ1v) is 7.71. The maximum absolute atomic E-state index is 12.2. The van der Waals surface area contributed by atoms with Crippen LogP contribution >= 0.6 is 23.2 Å². The van der Waals surface area contributed by atoms with E-state index in [1.807, 2.05) is 6.92 Å². The molecule has 1 atom stereocenters. The summed E-state index contributed by atoms with van der Waals surface area (Å²) in [7, 11) is 0. The summed E-state index contributed by atoms with van der Waals surface area (Å²) in [5.74, 6) is 0.0766. The number of hydrogen-bond acceptors (Lipinski definition) is 4. The first kappa shape index (κ1) is 18.0. The maximum atomic E-state index is 12.2. The number of anilines is 1. The third-order valence-electron chi connectivity index (χ3n) is 3.23. The fourth-order valence-corrected chi connectivity index (χ4v) is 2.24. The van der Waals surface area contributed by atoms with Crippen molar-refractivity contribution in [2.45, 2.75) is 20.0 Å². The third-order valence-corrected chi connectivity index (χ3v) is 3.97. The Morgan fingerprint density at radius 3 is 2.50 bits per heavy atom. The molecule has 0 saturated heterocycles. The smallest absolute Gasteiger partial charge is 0.271 e. The fourth-order valence-electron chi connectivity index (χ4n) is 1.90. The molecule has 8 heteroatoms. The normalized spacial score (nSPS) is 11.7. The van der Waals surface area contributed by atoms with Crippen molar-refractivity contribution in [3.05, 3.63) is 62.1 Å². The molecule has 0 aliphatic heterocycles. The standard InChI is InChI=1S/C16H14Cl2N2O4/c1-9-7-12(4-5-13(9)17)24-10(2)16(21)19-15-6-3-11(20(22)23)8-14(15)18/h3-8,10H,1-2H3,(H,19,21)/t10-/m1/s1. The number of ether oxygens (including phenoxy) is 1. The summed E-state index contributed by atoms with van der Waals surface area (Å²) in [5, 5.41) is 13.9. The van der Waals surface area contributed by atoms with Crippen LogP contribution in [0.25, 0.3) is 0 Å². The first-order valence-electron chi connectivity index (χ1n) is 6.95. The van der Waals surface area contributed by atoms with Crippen LogP contribution in [0.2, 0.25) is 10.0 Å². The highest BCUT2D eigenvalue weighted by Gasteiger charge is 2.18. The van der Waals surface area contributed by atoms with Crippen molar-refractivity contribution in [1.29, 1.82) is 0 Å². The number of carbonyl (C=O) groups excluding carboxylic acids is 1. The first-order chi connectivity index (χ1) is 11.3. The lowest BCUT2D eigenvalue weighted by molar-refractivity contribution is -0.384. The van der Waals surface area contributed by atoms with Gasteiger partial charge in [-0.1, -0.05) is 23.2 Å². The second-order valence-corrected chi connectivity index (χ2v) is 5.90. The molecule has 0 spiro atoms. The van der Waals surface area contributed by atoms with Gasteiger partial charge in [0, 0.05) is 17.2 Å². The number of nitro groups is 1. The summed E-state index contributed by atoms with van der Waals surface area (Å²) in [4.78, 5) is 22.3. The van der Waals surface area contributed by atoms with Crippen molar-refractivity contribution in [3.8, 4) is 5.75 Å². The van der Waals surface area contributed by atoms with Gasteiger partial charge >= 0.3 is 0 Å². The van der Waals surface area contributed by atoms with E-state index in [0.717, 1.165) is 5.56 Å². The number of nitrogens with zero attached hydrogens (tertiary/aromatic N) is 1. The summed E-state index contributed by atoms with van der Waals surface area (Å²) >= 11 is 11.9. The van der Waals surface area contributed by atoms with E-state index in [9.17, 15) is 14.9 Å². The lowest BCUT2D eigenvalue weighted by atomic mass is 10.2. The Morgan fingerprint density at radius 2 is 1.92 bits per heavy atom. The van der Waals surface area contributed by atoms with E-state index in [1.165, 1.54) is 18.2 Å². The van der Waals surface area contributed by atoms with Crippen LogP contribution in [0, 0.1) is 17.0 Å². The number of amides is 1. The molecule has 1 amide bonds. The molecule has 0 aliphatic carbocycles. The van der Waals surface area contributed by atoms with Gasteiger partial charge in [-0.05, 0) is 43.7 Å². The lowest BCUT2D eigenvalue weighted by Crippen LogP contribution is -2.30. The zero-order valence-corrected chi connectivity index (χ0v) is 14.4. The van der Waals surface area contributed by atoms with Crippen LogP contribution < -0.4 is 10.1 Å². The molecule has 0 aromatic heterocycles. The maximum Gasteiger partial charge on any atom is 0.271 e. The zero-order chi connectivity index (χ0) is 17.9. The topological polar surface area (TPSA) is 81.5 Å².